The Morgan fingerprint density at radius 1 is 1.12 bits per heavy atom. The Morgan fingerprint density at radius 2 is 1.72 bits per heavy atom. The summed E-state index contributed by atoms with van der Waals surface area (Å²) < 4.78 is 0. The van der Waals surface area contributed by atoms with Crippen LogP contribution in [0.5, 0.6) is 0 Å². The van der Waals surface area contributed by atoms with E-state index in [1.54, 1.807) is 6.92 Å². The summed E-state index contributed by atoms with van der Waals surface area (Å²) in [5.41, 5.74) is 1.35. The van der Waals surface area contributed by atoms with Crippen molar-refractivity contribution in [1.29, 1.82) is 0 Å². The number of nitrogens with zero attached hydrogens (tertiary/aromatic N) is 3. The molecule has 0 spiro atoms. The van der Waals surface area contributed by atoms with Crippen LogP contribution < -0.4 is 5.32 Å². The predicted octanol–water partition coefficient (Wildman–Crippen LogP) is 2.56. The molecule has 5 heteroatoms. The summed E-state index contributed by atoms with van der Waals surface area (Å²) in [5, 5.41) is 3.41. The average molecular weight is 345 g/mol. The monoisotopic (exact) mass is 344 g/mol. The van der Waals surface area contributed by atoms with Crippen LogP contribution in [0.25, 0.3) is 0 Å². The van der Waals surface area contributed by atoms with Crippen molar-refractivity contribution in [2.24, 2.45) is 10.9 Å². The molecule has 1 aromatic carbocycles. The summed E-state index contributed by atoms with van der Waals surface area (Å²) in [7, 11) is 0. The van der Waals surface area contributed by atoms with Gasteiger partial charge in [-0.1, -0.05) is 44.2 Å². The number of rotatable bonds is 5. The van der Waals surface area contributed by atoms with Crippen LogP contribution >= 0.6 is 0 Å². The number of guanidine groups is 1. The zero-order valence-electron chi connectivity index (χ0n) is 16.0. The number of aliphatic imine (C=N–C) groups is 1. The van der Waals surface area contributed by atoms with Crippen molar-refractivity contribution in [2.75, 3.05) is 39.3 Å². The molecule has 1 atom stereocenters. The van der Waals surface area contributed by atoms with E-state index in [0.29, 0.717) is 11.8 Å². The number of nitrogens with one attached hydrogen (secondary N) is 1. The molecule has 1 aromatic rings. The summed E-state index contributed by atoms with van der Waals surface area (Å²) in [4.78, 5) is 20.6. The maximum absolute atomic E-state index is 11.5. The van der Waals surface area contributed by atoms with E-state index in [1.807, 2.05) is 4.90 Å². The molecule has 1 unspecified atom stereocenters. The molecule has 138 valence electrons. The smallest absolute Gasteiger partial charge is 0.219 e. The first-order valence-electron chi connectivity index (χ1n) is 9.36. The van der Waals surface area contributed by atoms with Crippen LogP contribution in [0.15, 0.2) is 35.3 Å². The fraction of sp³-hybridized carbons (Fsp3) is 0.600. The minimum Gasteiger partial charge on any atom is -0.357 e. The molecular weight excluding hydrogens is 312 g/mol. The minimum atomic E-state index is 0.158. The van der Waals surface area contributed by atoms with Gasteiger partial charge in [0.2, 0.25) is 5.91 Å². The van der Waals surface area contributed by atoms with E-state index >= 15 is 0 Å². The fourth-order valence-electron chi connectivity index (χ4n) is 3.25. The Bertz CT molecular complexity index is 562. The number of hydrogen-bond donors (Lipinski definition) is 1. The lowest BCUT2D eigenvalue weighted by atomic mass is 9.88. The number of carbonyl (C=O) groups excluding carboxylic acids is 1. The highest BCUT2D eigenvalue weighted by molar-refractivity contribution is 5.80. The van der Waals surface area contributed by atoms with Gasteiger partial charge in [-0.3, -0.25) is 9.79 Å². The number of benzene rings is 1. The highest BCUT2D eigenvalue weighted by atomic mass is 16.2. The number of amides is 1. The van der Waals surface area contributed by atoms with Crippen molar-refractivity contribution in [3.05, 3.63) is 35.9 Å². The van der Waals surface area contributed by atoms with Crippen molar-refractivity contribution in [3.8, 4) is 0 Å². The lowest BCUT2D eigenvalue weighted by Gasteiger charge is -2.36. The molecule has 2 rings (SSSR count). The third-order valence-corrected chi connectivity index (χ3v) is 4.83. The highest BCUT2D eigenvalue weighted by Crippen LogP contribution is 2.24. The van der Waals surface area contributed by atoms with E-state index < -0.39 is 0 Å². The fourth-order valence-corrected chi connectivity index (χ4v) is 3.25. The Balaban J connectivity index is 2.07. The summed E-state index contributed by atoms with van der Waals surface area (Å²) in [6, 6.07) is 10.6. The summed E-state index contributed by atoms with van der Waals surface area (Å²) in [5.74, 6) is 2.06. The normalized spacial score (nSPS) is 16.9. The largest absolute Gasteiger partial charge is 0.357 e. The second kappa shape index (κ2) is 9.44. The van der Waals surface area contributed by atoms with Gasteiger partial charge in [0.25, 0.3) is 0 Å². The minimum absolute atomic E-state index is 0.158. The maximum atomic E-state index is 11.5. The van der Waals surface area contributed by atoms with Crippen molar-refractivity contribution in [3.63, 3.8) is 0 Å². The molecule has 0 aliphatic carbocycles. The van der Waals surface area contributed by atoms with Gasteiger partial charge >= 0.3 is 0 Å². The van der Waals surface area contributed by atoms with Crippen LogP contribution in [0.1, 0.15) is 39.2 Å². The van der Waals surface area contributed by atoms with E-state index in [9.17, 15) is 4.79 Å². The zero-order valence-corrected chi connectivity index (χ0v) is 16.0. The van der Waals surface area contributed by atoms with Crippen LogP contribution in [0, 0.1) is 5.92 Å². The van der Waals surface area contributed by atoms with Crippen molar-refractivity contribution in [1.82, 2.24) is 15.1 Å². The Morgan fingerprint density at radius 3 is 2.24 bits per heavy atom. The SMILES string of the molecule is CCNC(=NCC(c1ccccc1)C(C)C)N1CCN(C(C)=O)CC1. The van der Waals surface area contributed by atoms with Crippen LogP contribution in [-0.4, -0.2) is 60.9 Å². The quantitative estimate of drug-likeness (QED) is 0.660. The second-order valence-electron chi connectivity index (χ2n) is 6.95. The van der Waals surface area contributed by atoms with Crippen LogP contribution in [0.3, 0.4) is 0 Å². The van der Waals surface area contributed by atoms with E-state index in [2.05, 4.69) is 61.3 Å². The first-order valence-corrected chi connectivity index (χ1v) is 9.36. The van der Waals surface area contributed by atoms with Gasteiger partial charge in [-0.15, -0.1) is 0 Å². The molecule has 1 fully saturated rings. The Labute approximate surface area is 152 Å². The van der Waals surface area contributed by atoms with Gasteiger partial charge in [-0.05, 0) is 18.4 Å². The standard InChI is InChI=1S/C20H32N4O/c1-5-21-20(24-13-11-23(12-14-24)17(4)25)22-15-19(16(2)3)18-9-7-6-8-10-18/h6-10,16,19H,5,11-15H2,1-4H3,(H,21,22). The van der Waals surface area contributed by atoms with E-state index in [4.69, 9.17) is 4.99 Å². The molecule has 1 aliphatic rings. The van der Waals surface area contributed by atoms with Gasteiger partial charge in [-0.2, -0.15) is 0 Å². The highest BCUT2D eigenvalue weighted by Gasteiger charge is 2.22. The van der Waals surface area contributed by atoms with Gasteiger partial charge in [0, 0.05) is 52.1 Å². The summed E-state index contributed by atoms with van der Waals surface area (Å²) in [6.07, 6.45) is 0. The van der Waals surface area contributed by atoms with Crippen LogP contribution in [-0.2, 0) is 4.79 Å². The number of carbonyl (C=O) groups is 1. The van der Waals surface area contributed by atoms with Gasteiger partial charge in [0.05, 0.1) is 0 Å². The Hall–Kier alpha value is -2.04. The van der Waals surface area contributed by atoms with Crippen LogP contribution in [0.2, 0.25) is 0 Å². The second-order valence-corrected chi connectivity index (χ2v) is 6.95. The predicted molar refractivity (Wildman–Crippen MR) is 104 cm³/mol. The summed E-state index contributed by atoms with van der Waals surface area (Å²) in [6.45, 7) is 13.1. The lowest BCUT2D eigenvalue weighted by molar-refractivity contribution is -0.130. The van der Waals surface area contributed by atoms with E-state index in [1.165, 1.54) is 5.56 Å². The molecule has 25 heavy (non-hydrogen) atoms. The maximum Gasteiger partial charge on any atom is 0.219 e. The first-order chi connectivity index (χ1) is 12.0. The third-order valence-electron chi connectivity index (χ3n) is 4.83. The van der Waals surface area contributed by atoms with Gasteiger partial charge < -0.3 is 15.1 Å². The summed E-state index contributed by atoms with van der Waals surface area (Å²) >= 11 is 0. The molecule has 0 aromatic heterocycles. The number of piperazine rings is 1. The van der Waals surface area contributed by atoms with E-state index in [0.717, 1.165) is 45.2 Å². The van der Waals surface area contributed by atoms with Crippen molar-refractivity contribution < 1.29 is 4.79 Å². The average Bonchev–Trinajstić information content (AvgIpc) is 2.61. The molecule has 1 N–H and O–H groups in total. The lowest BCUT2D eigenvalue weighted by Crippen LogP contribution is -2.53. The van der Waals surface area contributed by atoms with Crippen molar-refractivity contribution >= 4 is 11.9 Å². The molecule has 1 heterocycles. The molecule has 0 bridgehead atoms. The molecule has 1 amide bonds. The van der Waals surface area contributed by atoms with Crippen LogP contribution in [0.4, 0.5) is 0 Å². The third kappa shape index (κ3) is 5.48. The molecule has 0 radical (unpaired) electrons. The molecular formula is C20H32N4O. The zero-order chi connectivity index (χ0) is 18.2. The molecule has 1 saturated heterocycles. The Kier molecular flexibility index (Phi) is 7.29. The molecule has 1 aliphatic heterocycles. The van der Waals surface area contributed by atoms with Gasteiger partial charge in [0.15, 0.2) is 5.96 Å². The van der Waals surface area contributed by atoms with Crippen molar-refractivity contribution in [2.45, 2.75) is 33.6 Å². The topological polar surface area (TPSA) is 47.9 Å². The number of hydrogen-bond acceptors (Lipinski definition) is 2. The first kappa shape index (κ1) is 19.3. The van der Waals surface area contributed by atoms with E-state index in [-0.39, 0.29) is 5.91 Å². The molecule has 0 saturated carbocycles. The van der Waals surface area contributed by atoms with Gasteiger partial charge in [0.1, 0.15) is 0 Å². The van der Waals surface area contributed by atoms with Gasteiger partial charge in [-0.25, -0.2) is 0 Å². The molecule has 5 nitrogen and oxygen atoms in total.